The maximum atomic E-state index is 12.8. The Morgan fingerprint density at radius 3 is 2.29 bits per heavy atom. The topological polar surface area (TPSA) is 79.0 Å². The minimum Gasteiger partial charge on any atom is -0.351 e. The minimum absolute atomic E-state index is 0.0117. The highest BCUT2D eigenvalue weighted by Crippen LogP contribution is 2.59. The first-order chi connectivity index (χ1) is 13.2. The number of hydrogen-bond donors (Lipinski definition) is 2. The molecule has 4 bridgehead atoms. The molecule has 0 atom stereocenters. The Morgan fingerprint density at radius 2 is 1.68 bits per heavy atom. The zero-order valence-corrected chi connectivity index (χ0v) is 16.9. The monoisotopic (exact) mass is 382 g/mol. The number of fused-ring (bicyclic) bond motifs is 1. The van der Waals surface area contributed by atoms with Gasteiger partial charge in [0.05, 0.1) is 0 Å². The Labute approximate surface area is 165 Å². The van der Waals surface area contributed by atoms with E-state index in [1.54, 1.807) is 0 Å². The third-order valence-electron chi connectivity index (χ3n) is 7.75. The van der Waals surface area contributed by atoms with Crippen molar-refractivity contribution in [2.75, 3.05) is 6.54 Å². The van der Waals surface area contributed by atoms with Crippen molar-refractivity contribution >= 4 is 11.7 Å². The molecule has 0 unspecified atom stereocenters. The molecule has 5 nitrogen and oxygen atoms in total. The first kappa shape index (κ1) is 18.1. The lowest BCUT2D eigenvalue weighted by Gasteiger charge is -2.56. The smallest absolute Gasteiger partial charge is 0.261 e. The third kappa shape index (κ3) is 3.03. The van der Waals surface area contributed by atoms with Gasteiger partial charge in [0, 0.05) is 24.2 Å². The number of ketones is 1. The molecule has 0 spiro atoms. The predicted molar refractivity (Wildman–Crippen MR) is 106 cm³/mol. The second-order valence-corrected chi connectivity index (χ2v) is 10.9. The third-order valence-corrected chi connectivity index (χ3v) is 7.75. The van der Waals surface area contributed by atoms with Gasteiger partial charge in [-0.2, -0.15) is 0 Å². The molecule has 5 aliphatic carbocycles. The molecule has 150 valence electrons. The van der Waals surface area contributed by atoms with Gasteiger partial charge in [-0.3, -0.25) is 14.4 Å². The molecule has 5 aliphatic rings. The number of H-pyrrole nitrogens is 1. The average molecular weight is 383 g/mol. The van der Waals surface area contributed by atoms with Gasteiger partial charge in [-0.05, 0) is 79.6 Å². The summed E-state index contributed by atoms with van der Waals surface area (Å²) >= 11 is 0. The van der Waals surface area contributed by atoms with Gasteiger partial charge in [0.25, 0.3) is 11.5 Å². The fraction of sp³-hybridized carbons (Fsp3) is 0.696. The van der Waals surface area contributed by atoms with Gasteiger partial charge in [0.2, 0.25) is 0 Å². The highest BCUT2D eigenvalue weighted by atomic mass is 16.2. The Morgan fingerprint density at radius 1 is 1.07 bits per heavy atom. The molecule has 6 rings (SSSR count). The summed E-state index contributed by atoms with van der Waals surface area (Å²) in [6.45, 7) is 4.71. The molecule has 1 aromatic heterocycles. The van der Waals surface area contributed by atoms with Crippen molar-refractivity contribution in [3.63, 3.8) is 0 Å². The predicted octanol–water partition coefficient (Wildman–Crippen LogP) is 3.48. The van der Waals surface area contributed by atoms with Crippen LogP contribution in [-0.4, -0.2) is 23.2 Å². The first-order valence-electron chi connectivity index (χ1n) is 10.8. The van der Waals surface area contributed by atoms with E-state index in [0.717, 1.165) is 17.8 Å². The number of nitrogens with one attached hydrogen (secondary N) is 2. The summed E-state index contributed by atoms with van der Waals surface area (Å²) in [7, 11) is 0. The van der Waals surface area contributed by atoms with Crippen molar-refractivity contribution in [3.05, 3.63) is 33.2 Å². The molecular formula is C23H30N2O3. The lowest BCUT2D eigenvalue weighted by molar-refractivity contribution is -0.0503. The highest BCUT2D eigenvalue weighted by molar-refractivity contribution is 6.02. The number of carbonyl (C=O) groups excluding carboxylic acids is 2. The highest BCUT2D eigenvalue weighted by Gasteiger charge is 2.50. The largest absolute Gasteiger partial charge is 0.351 e. The van der Waals surface area contributed by atoms with Crippen LogP contribution >= 0.6 is 0 Å². The number of aromatic nitrogens is 1. The minimum atomic E-state index is -0.382. The molecule has 2 N–H and O–H groups in total. The van der Waals surface area contributed by atoms with Gasteiger partial charge in [-0.15, -0.1) is 0 Å². The quantitative estimate of drug-likeness (QED) is 0.840. The fourth-order valence-corrected chi connectivity index (χ4v) is 7.07. The van der Waals surface area contributed by atoms with Crippen LogP contribution < -0.4 is 10.9 Å². The van der Waals surface area contributed by atoms with E-state index < -0.39 is 0 Å². The Kier molecular flexibility index (Phi) is 3.91. The zero-order chi connectivity index (χ0) is 19.7. The van der Waals surface area contributed by atoms with Crippen molar-refractivity contribution in [1.29, 1.82) is 0 Å². The fourth-order valence-electron chi connectivity index (χ4n) is 7.07. The molecular weight excluding hydrogens is 352 g/mol. The van der Waals surface area contributed by atoms with Gasteiger partial charge in [0.1, 0.15) is 5.56 Å². The molecule has 1 amide bonds. The van der Waals surface area contributed by atoms with E-state index in [0.29, 0.717) is 30.6 Å². The van der Waals surface area contributed by atoms with Crippen LogP contribution in [0.5, 0.6) is 0 Å². The van der Waals surface area contributed by atoms with Crippen molar-refractivity contribution in [2.24, 2.45) is 28.6 Å². The normalized spacial score (nSPS) is 34.9. The SMILES string of the molecule is CC1(C)CC(=O)c2cc(C(=O)NCC34CC5CC(CC(C5)C3)C4)c(=O)[nH]c2C1. The molecule has 0 radical (unpaired) electrons. The number of Topliss-reactive ketones (excluding diaryl/α,β-unsaturated/α-hetero) is 1. The van der Waals surface area contributed by atoms with Crippen LogP contribution in [-0.2, 0) is 6.42 Å². The molecule has 5 heteroatoms. The van der Waals surface area contributed by atoms with E-state index in [2.05, 4.69) is 10.3 Å². The van der Waals surface area contributed by atoms with Crippen LogP contribution in [0, 0.1) is 28.6 Å². The standard InChI is InChI=1S/C23H30N2O3/c1-22(2)10-18-16(19(26)11-22)6-17(21(28)25-18)20(27)24-12-23-7-13-3-14(8-23)5-15(4-13)9-23/h6,13-15H,3-5,7-12H2,1-2H3,(H,24,27)(H,25,28). The molecule has 1 aromatic rings. The lowest BCUT2D eigenvalue weighted by Crippen LogP contribution is -2.51. The number of rotatable bonds is 3. The molecule has 0 aromatic carbocycles. The second kappa shape index (κ2) is 6.04. The van der Waals surface area contributed by atoms with Crippen molar-refractivity contribution in [3.8, 4) is 0 Å². The van der Waals surface area contributed by atoms with E-state index in [4.69, 9.17) is 0 Å². The van der Waals surface area contributed by atoms with Crippen LogP contribution in [0.1, 0.15) is 85.2 Å². The molecule has 4 saturated carbocycles. The van der Waals surface area contributed by atoms with Gasteiger partial charge in [-0.25, -0.2) is 0 Å². The Bertz CT molecular complexity index is 876. The van der Waals surface area contributed by atoms with Gasteiger partial charge in [-0.1, -0.05) is 13.8 Å². The maximum absolute atomic E-state index is 12.8. The van der Waals surface area contributed by atoms with Gasteiger partial charge in [0.15, 0.2) is 5.78 Å². The number of amides is 1. The van der Waals surface area contributed by atoms with Crippen LogP contribution in [0.15, 0.2) is 10.9 Å². The van der Waals surface area contributed by atoms with Crippen LogP contribution in [0.3, 0.4) is 0 Å². The number of hydrogen-bond acceptors (Lipinski definition) is 3. The van der Waals surface area contributed by atoms with Crippen molar-refractivity contribution < 1.29 is 9.59 Å². The summed E-state index contributed by atoms with van der Waals surface area (Å²) in [6, 6.07) is 1.53. The summed E-state index contributed by atoms with van der Waals surface area (Å²) in [5.74, 6) is 2.17. The number of carbonyl (C=O) groups is 2. The molecule has 1 heterocycles. The maximum Gasteiger partial charge on any atom is 0.261 e. The van der Waals surface area contributed by atoms with E-state index >= 15 is 0 Å². The molecule has 28 heavy (non-hydrogen) atoms. The average Bonchev–Trinajstić information content (AvgIpc) is 2.57. The van der Waals surface area contributed by atoms with Crippen LogP contribution in [0.4, 0.5) is 0 Å². The summed E-state index contributed by atoms with van der Waals surface area (Å²) < 4.78 is 0. The lowest BCUT2D eigenvalue weighted by atomic mass is 9.49. The molecule has 0 aliphatic heterocycles. The Balaban J connectivity index is 1.35. The van der Waals surface area contributed by atoms with Gasteiger partial charge >= 0.3 is 0 Å². The first-order valence-corrected chi connectivity index (χ1v) is 10.8. The number of pyridine rings is 1. The zero-order valence-electron chi connectivity index (χ0n) is 16.9. The van der Waals surface area contributed by atoms with E-state index in [9.17, 15) is 14.4 Å². The van der Waals surface area contributed by atoms with Crippen molar-refractivity contribution in [2.45, 2.75) is 65.2 Å². The van der Waals surface area contributed by atoms with E-state index in [-0.39, 0.29) is 33.6 Å². The second-order valence-electron chi connectivity index (χ2n) is 10.9. The molecule has 0 saturated heterocycles. The molecule has 4 fully saturated rings. The Hall–Kier alpha value is -1.91. The van der Waals surface area contributed by atoms with E-state index in [1.807, 2.05) is 13.8 Å². The van der Waals surface area contributed by atoms with E-state index in [1.165, 1.54) is 44.6 Å². The summed E-state index contributed by atoms with van der Waals surface area (Å²) in [6.07, 6.45) is 8.86. The summed E-state index contributed by atoms with van der Waals surface area (Å²) in [5.41, 5.74) is 0.951. The summed E-state index contributed by atoms with van der Waals surface area (Å²) in [4.78, 5) is 40.7. The van der Waals surface area contributed by atoms with Crippen LogP contribution in [0.2, 0.25) is 0 Å². The van der Waals surface area contributed by atoms with Crippen LogP contribution in [0.25, 0.3) is 0 Å². The summed E-state index contributed by atoms with van der Waals surface area (Å²) in [5, 5.41) is 3.06. The van der Waals surface area contributed by atoms with Crippen molar-refractivity contribution in [1.82, 2.24) is 10.3 Å². The van der Waals surface area contributed by atoms with Gasteiger partial charge < -0.3 is 10.3 Å². The number of aromatic amines is 1.